The lowest BCUT2D eigenvalue weighted by atomic mass is 10.1. The number of para-hydroxylation sites is 1. The zero-order chi connectivity index (χ0) is 13.3. The number of phenolic OH excluding ortho intramolecular Hbond substituents is 1. The molecule has 0 unspecified atom stereocenters. The minimum atomic E-state index is -1.05. The number of aromatic nitrogens is 2. The first-order valence-electron chi connectivity index (χ1n) is 5.37. The summed E-state index contributed by atoms with van der Waals surface area (Å²) in [6.45, 7) is 3.23. The molecule has 0 saturated carbocycles. The summed E-state index contributed by atoms with van der Waals surface area (Å²) >= 11 is 0. The molecule has 0 aliphatic carbocycles. The molecule has 0 spiro atoms. The molecule has 92 valence electrons. The fourth-order valence-corrected chi connectivity index (χ4v) is 1.81. The van der Waals surface area contributed by atoms with Gasteiger partial charge in [-0.1, -0.05) is 12.1 Å². The third-order valence-corrected chi connectivity index (χ3v) is 2.63. The largest absolute Gasteiger partial charge is 0.507 e. The topological polar surface area (TPSA) is 83.3 Å². The molecule has 0 aliphatic heterocycles. The number of hydrogen-bond donors (Lipinski definition) is 2. The van der Waals surface area contributed by atoms with E-state index in [1.165, 1.54) is 6.07 Å². The maximum atomic E-state index is 11.0. The molecule has 0 saturated heterocycles. The Morgan fingerprint density at radius 2 is 1.67 bits per heavy atom. The van der Waals surface area contributed by atoms with Gasteiger partial charge in [0.2, 0.25) is 0 Å². The molecule has 0 atom stereocenters. The number of carbonyl (C=O) groups is 1. The van der Waals surface area contributed by atoms with Gasteiger partial charge >= 0.3 is 5.97 Å². The molecule has 18 heavy (non-hydrogen) atoms. The first-order valence-corrected chi connectivity index (χ1v) is 5.37. The van der Waals surface area contributed by atoms with E-state index in [0.29, 0.717) is 22.8 Å². The zero-order valence-electron chi connectivity index (χ0n) is 10.0. The van der Waals surface area contributed by atoms with Crippen molar-refractivity contribution < 1.29 is 15.0 Å². The van der Waals surface area contributed by atoms with Crippen LogP contribution in [0.15, 0.2) is 24.3 Å². The molecule has 1 aromatic heterocycles. The highest BCUT2D eigenvalue weighted by atomic mass is 16.4. The van der Waals surface area contributed by atoms with Crippen LogP contribution < -0.4 is 0 Å². The molecule has 0 bridgehead atoms. The Bertz CT molecular complexity index is 600. The van der Waals surface area contributed by atoms with E-state index in [1.54, 1.807) is 32.0 Å². The number of nitrogens with zero attached hydrogens (tertiary/aromatic N) is 2. The quantitative estimate of drug-likeness (QED) is 0.845. The molecule has 0 aliphatic rings. The molecule has 2 rings (SSSR count). The van der Waals surface area contributed by atoms with Crippen LogP contribution in [0.1, 0.15) is 21.7 Å². The van der Waals surface area contributed by atoms with Crippen molar-refractivity contribution in [2.45, 2.75) is 13.8 Å². The Kier molecular flexibility index (Phi) is 2.97. The van der Waals surface area contributed by atoms with Crippen molar-refractivity contribution in [1.29, 1.82) is 0 Å². The van der Waals surface area contributed by atoms with Gasteiger partial charge in [0.1, 0.15) is 11.3 Å². The van der Waals surface area contributed by atoms with E-state index < -0.39 is 5.97 Å². The Morgan fingerprint density at radius 1 is 1.11 bits per heavy atom. The van der Waals surface area contributed by atoms with Crippen LogP contribution in [0.25, 0.3) is 11.4 Å². The highest BCUT2D eigenvalue weighted by Gasteiger charge is 2.16. The van der Waals surface area contributed by atoms with E-state index in [2.05, 4.69) is 9.97 Å². The number of aromatic hydroxyl groups is 1. The standard InChI is InChI=1S/C13H12N2O3/c1-7-11(13(17)18)8(2)15-12(14-7)9-5-3-4-6-10(9)16/h3-6,16H,1-2H3,(H,17,18). The van der Waals surface area contributed by atoms with Gasteiger partial charge in [-0.2, -0.15) is 0 Å². The molecule has 1 aromatic carbocycles. The van der Waals surface area contributed by atoms with Gasteiger partial charge in [0.25, 0.3) is 0 Å². The number of phenols is 1. The Morgan fingerprint density at radius 3 is 2.17 bits per heavy atom. The molecular formula is C13H12N2O3. The number of rotatable bonds is 2. The molecule has 0 fully saturated rings. The number of aryl methyl sites for hydroxylation is 2. The summed E-state index contributed by atoms with van der Waals surface area (Å²) in [6.07, 6.45) is 0. The lowest BCUT2D eigenvalue weighted by Crippen LogP contribution is -2.08. The highest BCUT2D eigenvalue weighted by molar-refractivity contribution is 5.90. The van der Waals surface area contributed by atoms with Crippen molar-refractivity contribution >= 4 is 5.97 Å². The number of carboxylic acids is 1. The predicted molar refractivity (Wildman–Crippen MR) is 65.6 cm³/mol. The highest BCUT2D eigenvalue weighted by Crippen LogP contribution is 2.26. The second-order valence-corrected chi connectivity index (χ2v) is 3.92. The molecule has 0 amide bonds. The van der Waals surface area contributed by atoms with Gasteiger partial charge < -0.3 is 10.2 Å². The van der Waals surface area contributed by atoms with Crippen molar-refractivity contribution in [2.24, 2.45) is 0 Å². The molecule has 5 nitrogen and oxygen atoms in total. The molecule has 5 heteroatoms. The van der Waals surface area contributed by atoms with Gasteiger partial charge in [-0.05, 0) is 26.0 Å². The SMILES string of the molecule is Cc1nc(-c2ccccc2O)nc(C)c1C(=O)O. The summed E-state index contributed by atoms with van der Waals surface area (Å²) in [5, 5.41) is 18.8. The van der Waals surface area contributed by atoms with Crippen LogP contribution in [-0.4, -0.2) is 26.2 Å². The van der Waals surface area contributed by atoms with Gasteiger partial charge in [-0.3, -0.25) is 0 Å². The summed E-state index contributed by atoms with van der Waals surface area (Å²) in [7, 11) is 0. The molecule has 0 radical (unpaired) electrons. The lowest BCUT2D eigenvalue weighted by molar-refractivity contribution is 0.0694. The van der Waals surface area contributed by atoms with Crippen molar-refractivity contribution in [2.75, 3.05) is 0 Å². The van der Waals surface area contributed by atoms with Gasteiger partial charge in [0, 0.05) is 0 Å². The van der Waals surface area contributed by atoms with E-state index in [9.17, 15) is 9.90 Å². The summed E-state index contributed by atoms with van der Waals surface area (Å²) in [4.78, 5) is 19.3. The van der Waals surface area contributed by atoms with E-state index in [1.807, 2.05) is 0 Å². The number of hydrogen-bond acceptors (Lipinski definition) is 4. The average Bonchev–Trinajstić information content (AvgIpc) is 2.27. The minimum Gasteiger partial charge on any atom is -0.507 e. The van der Waals surface area contributed by atoms with Crippen molar-refractivity contribution in [3.05, 3.63) is 41.2 Å². The third kappa shape index (κ3) is 2.02. The first kappa shape index (κ1) is 12.0. The monoisotopic (exact) mass is 244 g/mol. The molecule has 2 aromatic rings. The Hall–Kier alpha value is -2.43. The van der Waals surface area contributed by atoms with E-state index >= 15 is 0 Å². The van der Waals surface area contributed by atoms with Crippen molar-refractivity contribution in [1.82, 2.24) is 9.97 Å². The van der Waals surface area contributed by atoms with Crippen LogP contribution in [-0.2, 0) is 0 Å². The van der Waals surface area contributed by atoms with E-state index in [4.69, 9.17) is 5.11 Å². The first-order chi connectivity index (χ1) is 8.50. The minimum absolute atomic E-state index is 0.0689. The van der Waals surface area contributed by atoms with Crippen LogP contribution in [0.3, 0.4) is 0 Å². The summed E-state index contributed by atoms with van der Waals surface area (Å²) in [5.41, 5.74) is 1.36. The summed E-state index contributed by atoms with van der Waals surface area (Å²) in [5.74, 6) is -0.652. The third-order valence-electron chi connectivity index (χ3n) is 2.63. The fourth-order valence-electron chi connectivity index (χ4n) is 1.81. The van der Waals surface area contributed by atoms with Gasteiger partial charge in [-0.15, -0.1) is 0 Å². The average molecular weight is 244 g/mol. The van der Waals surface area contributed by atoms with E-state index in [-0.39, 0.29) is 11.3 Å². The summed E-state index contributed by atoms with van der Waals surface area (Å²) in [6, 6.07) is 6.68. The fraction of sp³-hybridized carbons (Fsp3) is 0.154. The van der Waals surface area contributed by atoms with Gasteiger partial charge in [0.05, 0.1) is 17.0 Å². The van der Waals surface area contributed by atoms with E-state index in [0.717, 1.165) is 0 Å². The smallest absolute Gasteiger partial charge is 0.339 e. The maximum Gasteiger partial charge on any atom is 0.339 e. The van der Waals surface area contributed by atoms with Crippen LogP contribution >= 0.6 is 0 Å². The van der Waals surface area contributed by atoms with Crippen LogP contribution in [0.2, 0.25) is 0 Å². The van der Waals surface area contributed by atoms with Crippen molar-refractivity contribution in [3.8, 4) is 17.1 Å². The second kappa shape index (κ2) is 4.44. The Labute approximate surface area is 104 Å². The molecule has 1 heterocycles. The lowest BCUT2D eigenvalue weighted by Gasteiger charge is -2.08. The van der Waals surface area contributed by atoms with Gasteiger partial charge in [-0.25, -0.2) is 14.8 Å². The maximum absolute atomic E-state index is 11.0. The van der Waals surface area contributed by atoms with Crippen molar-refractivity contribution in [3.63, 3.8) is 0 Å². The van der Waals surface area contributed by atoms with Crippen LogP contribution in [0.5, 0.6) is 5.75 Å². The predicted octanol–water partition coefficient (Wildman–Crippen LogP) is 2.16. The zero-order valence-corrected chi connectivity index (χ0v) is 10.0. The molecular weight excluding hydrogens is 232 g/mol. The number of carboxylic acid groups (broad SMARTS) is 1. The second-order valence-electron chi connectivity index (χ2n) is 3.92. The van der Waals surface area contributed by atoms with Crippen LogP contribution in [0, 0.1) is 13.8 Å². The normalized spacial score (nSPS) is 10.3. The summed E-state index contributed by atoms with van der Waals surface area (Å²) < 4.78 is 0. The van der Waals surface area contributed by atoms with Gasteiger partial charge in [0.15, 0.2) is 5.82 Å². The number of aromatic carboxylic acids is 1. The molecule has 2 N–H and O–H groups in total. The Balaban J connectivity index is 2.62. The van der Waals surface area contributed by atoms with Crippen LogP contribution in [0.4, 0.5) is 0 Å². The number of benzene rings is 1.